The smallest absolute Gasteiger partial charge is 0.216 e. The SMILES string of the molecule is CC(=O)NCC1C=C(c2ccc(Br)c(F)c2)NO1. The Morgan fingerprint density at radius 2 is 2.39 bits per heavy atom. The van der Waals surface area contributed by atoms with E-state index in [9.17, 15) is 9.18 Å². The summed E-state index contributed by atoms with van der Waals surface area (Å²) in [6.07, 6.45) is 1.55. The monoisotopic (exact) mass is 314 g/mol. The van der Waals surface area contributed by atoms with Crippen LogP contribution in [-0.4, -0.2) is 18.6 Å². The molecular formula is C12H12BrFN2O2. The molecule has 1 heterocycles. The number of nitrogens with one attached hydrogen (secondary N) is 2. The van der Waals surface area contributed by atoms with Gasteiger partial charge >= 0.3 is 0 Å². The fraction of sp³-hybridized carbons (Fsp3) is 0.250. The molecule has 0 bridgehead atoms. The van der Waals surface area contributed by atoms with Crippen LogP contribution in [0, 0.1) is 5.82 Å². The second-order valence-electron chi connectivity index (χ2n) is 3.90. The largest absolute Gasteiger partial charge is 0.353 e. The normalized spacial score (nSPS) is 18.2. The zero-order valence-corrected chi connectivity index (χ0v) is 11.3. The highest BCUT2D eigenvalue weighted by Crippen LogP contribution is 2.23. The van der Waals surface area contributed by atoms with Gasteiger partial charge in [0.1, 0.15) is 11.9 Å². The number of halogens is 2. The van der Waals surface area contributed by atoms with E-state index in [0.717, 1.165) is 0 Å². The lowest BCUT2D eigenvalue weighted by Crippen LogP contribution is -2.30. The number of hydrogen-bond donors (Lipinski definition) is 2. The van der Waals surface area contributed by atoms with Crippen LogP contribution in [0.4, 0.5) is 4.39 Å². The number of hydrogen-bond acceptors (Lipinski definition) is 3. The first kappa shape index (κ1) is 13.0. The Hall–Kier alpha value is -1.40. The van der Waals surface area contributed by atoms with Gasteiger partial charge in [0.15, 0.2) is 0 Å². The first-order valence-electron chi connectivity index (χ1n) is 5.39. The molecule has 1 unspecified atom stereocenters. The molecule has 0 saturated carbocycles. The summed E-state index contributed by atoms with van der Waals surface area (Å²) in [4.78, 5) is 16.0. The molecule has 0 fully saturated rings. The van der Waals surface area contributed by atoms with Crippen molar-refractivity contribution < 1.29 is 14.0 Å². The van der Waals surface area contributed by atoms with Gasteiger partial charge in [-0.1, -0.05) is 6.07 Å². The van der Waals surface area contributed by atoms with E-state index in [1.54, 1.807) is 18.2 Å². The number of hydroxylamine groups is 1. The molecule has 0 radical (unpaired) electrons. The van der Waals surface area contributed by atoms with Crippen LogP contribution in [0.1, 0.15) is 12.5 Å². The summed E-state index contributed by atoms with van der Waals surface area (Å²) in [7, 11) is 0. The van der Waals surface area contributed by atoms with Crippen molar-refractivity contribution in [1.29, 1.82) is 0 Å². The minimum Gasteiger partial charge on any atom is -0.353 e. The molecule has 1 aliphatic heterocycles. The van der Waals surface area contributed by atoms with Gasteiger partial charge in [-0.2, -0.15) is 0 Å². The number of rotatable bonds is 3. The number of carbonyl (C=O) groups excluding carboxylic acids is 1. The van der Waals surface area contributed by atoms with E-state index in [4.69, 9.17) is 4.84 Å². The molecule has 2 N–H and O–H groups in total. The average molecular weight is 315 g/mol. The lowest BCUT2D eigenvalue weighted by Gasteiger charge is -2.07. The second kappa shape index (κ2) is 5.49. The fourth-order valence-corrected chi connectivity index (χ4v) is 1.80. The van der Waals surface area contributed by atoms with Crippen molar-refractivity contribution in [3.05, 3.63) is 40.1 Å². The summed E-state index contributed by atoms with van der Waals surface area (Å²) in [6.45, 7) is 1.82. The van der Waals surface area contributed by atoms with Crippen LogP contribution in [0.15, 0.2) is 28.7 Å². The molecular weight excluding hydrogens is 303 g/mol. The van der Waals surface area contributed by atoms with Crippen LogP contribution in [0.3, 0.4) is 0 Å². The fourth-order valence-electron chi connectivity index (χ4n) is 1.56. The van der Waals surface area contributed by atoms with Crippen molar-refractivity contribution in [2.45, 2.75) is 13.0 Å². The van der Waals surface area contributed by atoms with Gasteiger partial charge in [0.05, 0.1) is 16.7 Å². The Morgan fingerprint density at radius 3 is 3.06 bits per heavy atom. The third-order valence-corrected chi connectivity index (χ3v) is 3.10. The van der Waals surface area contributed by atoms with E-state index in [2.05, 4.69) is 26.7 Å². The van der Waals surface area contributed by atoms with Crippen molar-refractivity contribution in [2.75, 3.05) is 6.54 Å². The van der Waals surface area contributed by atoms with Crippen LogP contribution in [-0.2, 0) is 9.63 Å². The summed E-state index contributed by atoms with van der Waals surface area (Å²) in [6, 6.07) is 4.82. The minimum absolute atomic E-state index is 0.116. The molecule has 1 aliphatic rings. The highest BCUT2D eigenvalue weighted by Gasteiger charge is 2.18. The quantitative estimate of drug-likeness (QED) is 0.897. The molecule has 1 atom stereocenters. The standard InChI is InChI=1S/C12H12BrFN2O2/c1-7(17)15-6-9-5-12(16-18-9)8-2-3-10(13)11(14)4-8/h2-5,9,16H,6H2,1H3,(H,15,17). The van der Waals surface area contributed by atoms with Crippen molar-refractivity contribution in [3.63, 3.8) is 0 Å². The maximum absolute atomic E-state index is 13.4. The Balaban J connectivity index is 2.07. The third-order valence-electron chi connectivity index (χ3n) is 2.46. The van der Waals surface area contributed by atoms with Crippen LogP contribution in [0.5, 0.6) is 0 Å². The highest BCUT2D eigenvalue weighted by molar-refractivity contribution is 9.10. The maximum atomic E-state index is 13.4. The zero-order valence-electron chi connectivity index (χ0n) is 9.67. The average Bonchev–Trinajstić information content (AvgIpc) is 2.79. The predicted molar refractivity (Wildman–Crippen MR) is 68.8 cm³/mol. The van der Waals surface area contributed by atoms with E-state index < -0.39 is 0 Å². The first-order chi connectivity index (χ1) is 8.56. The first-order valence-corrected chi connectivity index (χ1v) is 6.19. The molecule has 1 amide bonds. The molecule has 1 aromatic carbocycles. The summed E-state index contributed by atoms with van der Waals surface area (Å²) in [5, 5.41) is 2.65. The van der Waals surface area contributed by atoms with E-state index in [0.29, 0.717) is 22.3 Å². The summed E-state index contributed by atoms with van der Waals surface area (Å²) < 4.78 is 13.8. The Labute approximate surface area is 112 Å². The number of amides is 1. The molecule has 0 spiro atoms. The molecule has 0 aliphatic carbocycles. The molecule has 2 rings (SSSR count). The number of carbonyl (C=O) groups is 1. The van der Waals surface area contributed by atoms with Crippen LogP contribution in [0.25, 0.3) is 5.70 Å². The lowest BCUT2D eigenvalue weighted by atomic mass is 10.1. The van der Waals surface area contributed by atoms with E-state index in [1.165, 1.54) is 13.0 Å². The predicted octanol–water partition coefficient (Wildman–Crippen LogP) is 1.97. The summed E-state index contributed by atoms with van der Waals surface area (Å²) in [5.41, 5.74) is 4.11. The molecule has 6 heteroatoms. The van der Waals surface area contributed by atoms with Crippen molar-refractivity contribution >= 4 is 27.5 Å². The van der Waals surface area contributed by atoms with E-state index in [-0.39, 0.29) is 17.8 Å². The third kappa shape index (κ3) is 3.08. The Morgan fingerprint density at radius 1 is 1.61 bits per heavy atom. The number of benzene rings is 1. The van der Waals surface area contributed by atoms with Crippen LogP contribution in [0.2, 0.25) is 0 Å². The molecule has 1 aromatic rings. The molecule has 4 nitrogen and oxygen atoms in total. The van der Waals surface area contributed by atoms with Crippen molar-refractivity contribution in [1.82, 2.24) is 10.8 Å². The minimum atomic E-state index is -0.333. The van der Waals surface area contributed by atoms with Crippen molar-refractivity contribution in [2.24, 2.45) is 0 Å². The van der Waals surface area contributed by atoms with E-state index >= 15 is 0 Å². The molecule has 0 saturated heterocycles. The van der Waals surface area contributed by atoms with Gasteiger partial charge in [0, 0.05) is 12.5 Å². The van der Waals surface area contributed by atoms with E-state index in [1.807, 2.05) is 0 Å². The Kier molecular flexibility index (Phi) is 3.98. The van der Waals surface area contributed by atoms with Gasteiger partial charge in [-0.25, -0.2) is 4.39 Å². The van der Waals surface area contributed by atoms with Gasteiger partial charge in [0.25, 0.3) is 0 Å². The summed E-state index contributed by atoms with van der Waals surface area (Å²) in [5.74, 6) is -0.448. The summed E-state index contributed by atoms with van der Waals surface area (Å²) >= 11 is 3.10. The topological polar surface area (TPSA) is 50.4 Å². The molecule has 96 valence electrons. The van der Waals surface area contributed by atoms with Gasteiger partial charge in [-0.05, 0) is 34.1 Å². The van der Waals surface area contributed by atoms with Gasteiger partial charge in [-0.3, -0.25) is 15.1 Å². The van der Waals surface area contributed by atoms with Gasteiger partial charge < -0.3 is 5.32 Å². The van der Waals surface area contributed by atoms with Crippen LogP contribution >= 0.6 is 15.9 Å². The zero-order chi connectivity index (χ0) is 13.1. The maximum Gasteiger partial charge on any atom is 0.216 e. The van der Waals surface area contributed by atoms with Gasteiger partial charge in [-0.15, -0.1) is 0 Å². The molecule has 0 aromatic heterocycles. The molecule has 18 heavy (non-hydrogen) atoms. The van der Waals surface area contributed by atoms with Crippen molar-refractivity contribution in [3.8, 4) is 0 Å². The second-order valence-corrected chi connectivity index (χ2v) is 4.76. The Bertz CT molecular complexity index is 505. The highest BCUT2D eigenvalue weighted by atomic mass is 79.9. The van der Waals surface area contributed by atoms with Crippen LogP contribution < -0.4 is 10.8 Å². The lowest BCUT2D eigenvalue weighted by molar-refractivity contribution is -0.119. The van der Waals surface area contributed by atoms with Gasteiger partial charge in [0.2, 0.25) is 5.91 Å².